The Morgan fingerprint density at radius 3 is 2.41 bits per heavy atom. The summed E-state index contributed by atoms with van der Waals surface area (Å²) in [6, 6.07) is 6.21. The smallest absolute Gasteiger partial charge is 0.211 e. The molecule has 96 valence electrons. The first-order chi connectivity index (χ1) is 7.97. The van der Waals surface area contributed by atoms with Crippen molar-refractivity contribution in [3.05, 3.63) is 34.9 Å². The molecule has 1 aliphatic heterocycles. The molecule has 0 amide bonds. The Bertz CT molecular complexity index is 480. The maximum absolute atomic E-state index is 11.4. The van der Waals surface area contributed by atoms with Crippen LogP contribution in [-0.4, -0.2) is 25.5 Å². The van der Waals surface area contributed by atoms with Crippen LogP contribution in [0.2, 0.25) is 0 Å². The molecule has 0 aliphatic carbocycles. The van der Waals surface area contributed by atoms with E-state index in [1.54, 1.807) is 0 Å². The van der Waals surface area contributed by atoms with Crippen LogP contribution in [0.25, 0.3) is 0 Å². The fraction of sp³-hybridized carbons (Fsp3) is 0.538. The second kappa shape index (κ2) is 5.65. The topological polar surface area (TPSA) is 37.4 Å². The highest BCUT2D eigenvalue weighted by Gasteiger charge is 2.22. The maximum Gasteiger partial charge on any atom is 0.211 e. The van der Waals surface area contributed by atoms with Crippen molar-refractivity contribution in [2.24, 2.45) is 0 Å². The van der Waals surface area contributed by atoms with E-state index >= 15 is 0 Å². The van der Waals surface area contributed by atoms with E-state index in [4.69, 9.17) is 0 Å². The first-order valence-electron chi connectivity index (χ1n) is 6.00. The third kappa shape index (κ3) is 3.54. The molecule has 0 saturated heterocycles. The highest BCUT2D eigenvalue weighted by atomic mass is 32.2. The minimum atomic E-state index is -3.05. The number of rotatable bonds is 1. The van der Waals surface area contributed by atoms with Gasteiger partial charge in [-0.15, -0.1) is 0 Å². The van der Waals surface area contributed by atoms with Crippen LogP contribution in [0.3, 0.4) is 0 Å². The molecule has 1 heterocycles. The number of benzene rings is 1. The van der Waals surface area contributed by atoms with E-state index in [0.717, 1.165) is 12.0 Å². The van der Waals surface area contributed by atoms with Crippen LogP contribution in [0.4, 0.5) is 0 Å². The van der Waals surface area contributed by atoms with Gasteiger partial charge in [0, 0.05) is 13.1 Å². The van der Waals surface area contributed by atoms with Crippen LogP contribution in [-0.2, 0) is 23.0 Å². The zero-order chi connectivity index (χ0) is 13.1. The highest BCUT2D eigenvalue weighted by molar-refractivity contribution is 7.88. The quantitative estimate of drug-likeness (QED) is 0.772. The highest BCUT2D eigenvalue weighted by Crippen LogP contribution is 2.21. The van der Waals surface area contributed by atoms with Gasteiger partial charge >= 0.3 is 0 Å². The molecular weight excluding hydrogens is 234 g/mol. The van der Waals surface area contributed by atoms with E-state index < -0.39 is 10.0 Å². The largest absolute Gasteiger partial charge is 0.212 e. The molecule has 4 heteroatoms. The van der Waals surface area contributed by atoms with Gasteiger partial charge in [-0.25, -0.2) is 8.42 Å². The van der Waals surface area contributed by atoms with Crippen LogP contribution < -0.4 is 0 Å². The van der Waals surface area contributed by atoms with Crippen molar-refractivity contribution in [3.63, 3.8) is 0 Å². The van der Waals surface area contributed by atoms with E-state index in [-0.39, 0.29) is 0 Å². The average Bonchev–Trinajstić information content (AvgIpc) is 2.29. The van der Waals surface area contributed by atoms with E-state index in [9.17, 15) is 8.42 Å². The average molecular weight is 255 g/mol. The first kappa shape index (κ1) is 14.2. The molecule has 0 spiro atoms. The van der Waals surface area contributed by atoms with Gasteiger partial charge in [0.25, 0.3) is 0 Å². The van der Waals surface area contributed by atoms with Gasteiger partial charge in [-0.05, 0) is 24.5 Å². The van der Waals surface area contributed by atoms with Crippen LogP contribution >= 0.6 is 0 Å². The van der Waals surface area contributed by atoms with Gasteiger partial charge in [-0.2, -0.15) is 4.31 Å². The summed E-state index contributed by atoms with van der Waals surface area (Å²) >= 11 is 0. The monoisotopic (exact) mass is 255 g/mol. The molecule has 2 rings (SSSR count). The minimum absolute atomic E-state index is 0.522. The van der Waals surface area contributed by atoms with Crippen molar-refractivity contribution in [1.82, 2.24) is 4.31 Å². The molecule has 0 N–H and O–H groups in total. The van der Waals surface area contributed by atoms with E-state index in [2.05, 4.69) is 13.0 Å². The number of nitrogens with zero attached hydrogens (tertiary/aromatic N) is 1. The molecule has 1 aliphatic rings. The summed E-state index contributed by atoms with van der Waals surface area (Å²) in [5, 5.41) is 0. The summed E-state index contributed by atoms with van der Waals surface area (Å²) in [5.74, 6) is 0. The molecule has 1 aromatic rings. The number of aryl methyl sites for hydroxylation is 1. The van der Waals surface area contributed by atoms with Crippen LogP contribution in [0.5, 0.6) is 0 Å². The van der Waals surface area contributed by atoms with Crippen molar-refractivity contribution in [1.29, 1.82) is 0 Å². The number of sulfonamides is 1. The zero-order valence-corrected chi connectivity index (χ0v) is 11.8. The van der Waals surface area contributed by atoms with Gasteiger partial charge < -0.3 is 0 Å². The summed E-state index contributed by atoms with van der Waals surface area (Å²) in [7, 11) is -3.05. The summed E-state index contributed by atoms with van der Waals surface area (Å²) in [6.07, 6.45) is 2.09. The first-order valence-corrected chi connectivity index (χ1v) is 7.85. The fourth-order valence-electron chi connectivity index (χ4n) is 1.94. The van der Waals surface area contributed by atoms with Gasteiger partial charge in [0.15, 0.2) is 0 Å². The summed E-state index contributed by atoms with van der Waals surface area (Å²) in [6.45, 7) is 7.19. The summed E-state index contributed by atoms with van der Waals surface area (Å²) in [5.41, 5.74) is 3.66. The third-order valence-electron chi connectivity index (χ3n) is 2.81. The van der Waals surface area contributed by atoms with Gasteiger partial charge in [0.1, 0.15) is 0 Å². The Labute approximate surface area is 105 Å². The van der Waals surface area contributed by atoms with Crippen LogP contribution in [0.15, 0.2) is 18.2 Å². The van der Waals surface area contributed by atoms with E-state index in [1.807, 2.05) is 26.0 Å². The molecule has 17 heavy (non-hydrogen) atoms. The molecule has 0 bridgehead atoms. The predicted molar refractivity (Wildman–Crippen MR) is 71.5 cm³/mol. The van der Waals surface area contributed by atoms with Crippen LogP contribution in [0, 0.1) is 6.92 Å². The predicted octanol–water partition coefficient (Wildman–Crippen LogP) is 2.34. The van der Waals surface area contributed by atoms with Crippen molar-refractivity contribution in [2.75, 3.05) is 12.8 Å². The lowest BCUT2D eigenvalue weighted by Crippen LogP contribution is -2.35. The Hall–Kier alpha value is -0.870. The lowest BCUT2D eigenvalue weighted by molar-refractivity contribution is 0.395. The lowest BCUT2D eigenvalue weighted by atomic mass is 9.99. The molecule has 0 aromatic heterocycles. The Morgan fingerprint density at radius 2 is 1.82 bits per heavy atom. The second-order valence-electron chi connectivity index (χ2n) is 4.12. The number of hydrogen-bond donors (Lipinski definition) is 0. The third-order valence-corrected chi connectivity index (χ3v) is 4.06. The van der Waals surface area contributed by atoms with Gasteiger partial charge in [0.05, 0.1) is 6.26 Å². The number of hydrogen-bond acceptors (Lipinski definition) is 2. The zero-order valence-electron chi connectivity index (χ0n) is 11.0. The molecule has 0 unspecified atom stereocenters. The SMILES string of the molecule is CC.Cc1ccc2c(c1)CCN(S(C)(=O)=O)C2. The van der Waals surface area contributed by atoms with Crippen molar-refractivity contribution in [3.8, 4) is 0 Å². The molecule has 0 radical (unpaired) electrons. The molecule has 3 nitrogen and oxygen atoms in total. The van der Waals surface area contributed by atoms with Crippen molar-refractivity contribution < 1.29 is 8.42 Å². The maximum atomic E-state index is 11.4. The van der Waals surface area contributed by atoms with Crippen LogP contribution in [0.1, 0.15) is 30.5 Å². The lowest BCUT2D eigenvalue weighted by Gasteiger charge is -2.26. The standard InChI is InChI=1S/C11H15NO2S.C2H6/c1-9-3-4-11-8-12(15(2,13)14)6-5-10(11)7-9;1-2/h3-4,7H,5-6,8H2,1-2H3;1-2H3. The molecule has 1 aromatic carbocycles. The Balaban J connectivity index is 0.000000686. The molecular formula is C13H21NO2S. The van der Waals surface area contributed by atoms with Gasteiger partial charge in [-0.1, -0.05) is 37.6 Å². The molecule has 0 saturated carbocycles. The van der Waals surface area contributed by atoms with E-state index in [1.165, 1.54) is 21.7 Å². The molecule has 0 fully saturated rings. The Morgan fingerprint density at radius 1 is 1.18 bits per heavy atom. The van der Waals surface area contributed by atoms with Crippen molar-refractivity contribution >= 4 is 10.0 Å². The fourth-order valence-corrected chi connectivity index (χ4v) is 2.74. The normalized spacial score (nSPS) is 15.8. The Kier molecular flexibility index (Phi) is 4.71. The van der Waals surface area contributed by atoms with Gasteiger partial charge in [0.2, 0.25) is 10.0 Å². The summed E-state index contributed by atoms with van der Waals surface area (Å²) in [4.78, 5) is 0. The van der Waals surface area contributed by atoms with E-state index in [0.29, 0.717) is 13.1 Å². The molecule has 0 atom stereocenters. The minimum Gasteiger partial charge on any atom is -0.212 e. The van der Waals surface area contributed by atoms with Gasteiger partial charge in [-0.3, -0.25) is 0 Å². The number of fused-ring (bicyclic) bond motifs is 1. The second-order valence-corrected chi connectivity index (χ2v) is 6.10. The van der Waals surface area contributed by atoms with Crippen molar-refractivity contribution in [2.45, 2.75) is 33.7 Å². The summed E-state index contributed by atoms with van der Waals surface area (Å²) < 4.78 is 24.3.